The fourth-order valence-corrected chi connectivity index (χ4v) is 3.49. The van der Waals surface area contributed by atoms with Crippen molar-refractivity contribution in [2.45, 2.75) is 20.4 Å². The quantitative estimate of drug-likeness (QED) is 0.459. The minimum absolute atomic E-state index is 0.0475. The predicted octanol–water partition coefficient (Wildman–Crippen LogP) is 1.74. The Kier molecular flexibility index (Phi) is 5.27. The molecular weight excluding hydrogens is 390 g/mol. The summed E-state index contributed by atoms with van der Waals surface area (Å²) in [6, 6.07) is 7.98. The monoisotopic (exact) mass is 411 g/mol. The molecule has 2 aromatic heterocycles. The molecule has 11 heteroatoms. The van der Waals surface area contributed by atoms with Gasteiger partial charge in [0.1, 0.15) is 5.76 Å². The molecule has 0 unspecified atom stereocenters. The van der Waals surface area contributed by atoms with Gasteiger partial charge < -0.3 is 9.42 Å². The molecule has 0 radical (unpaired) electrons. The van der Waals surface area contributed by atoms with E-state index < -0.39 is 4.92 Å². The average molecular weight is 411 g/mol. The number of non-ortho nitro benzene ring substituents is 1. The van der Waals surface area contributed by atoms with Crippen LogP contribution in [0.3, 0.4) is 0 Å². The van der Waals surface area contributed by atoms with Crippen LogP contribution in [0.4, 0.5) is 5.69 Å². The number of carbonyl (C=O) groups is 1. The van der Waals surface area contributed by atoms with Crippen molar-refractivity contribution in [3.63, 3.8) is 0 Å². The Balaban J connectivity index is 1.43. The molecule has 1 aromatic carbocycles. The predicted molar refractivity (Wildman–Crippen MR) is 105 cm³/mol. The molecule has 0 spiro atoms. The fraction of sp³-hybridized carbons (Fsp3) is 0.368. The standard InChI is InChI=1S/C19H21N7O4/c1-13-10-15(21-30-13)12-23-6-8-24(9-7-23)19(27)18-14(2)25(22-20-18)16-4-3-5-17(11-16)26(28)29/h3-5,10-11H,6-9,12H2,1-2H3. The number of hydrogen-bond donors (Lipinski definition) is 0. The van der Waals surface area contributed by atoms with Crippen molar-refractivity contribution >= 4 is 11.6 Å². The van der Waals surface area contributed by atoms with Crippen molar-refractivity contribution < 1.29 is 14.2 Å². The van der Waals surface area contributed by atoms with Crippen LogP contribution in [0.15, 0.2) is 34.9 Å². The topological polar surface area (TPSA) is 123 Å². The van der Waals surface area contributed by atoms with Crippen LogP contribution in [0.25, 0.3) is 5.69 Å². The summed E-state index contributed by atoms with van der Waals surface area (Å²) in [7, 11) is 0. The van der Waals surface area contributed by atoms with Gasteiger partial charge in [-0.15, -0.1) is 5.10 Å². The van der Waals surface area contributed by atoms with E-state index in [9.17, 15) is 14.9 Å². The molecule has 0 N–H and O–H groups in total. The van der Waals surface area contributed by atoms with E-state index in [2.05, 4.69) is 20.4 Å². The summed E-state index contributed by atoms with van der Waals surface area (Å²) < 4.78 is 6.55. The van der Waals surface area contributed by atoms with Gasteiger partial charge in [-0.25, -0.2) is 4.68 Å². The van der Waals surface area contributed by atoms with Crippen molar-refractivity contribution in [3.05, 3.63) is 63.3 Å². The van der Waals surface area contributed by atoms with E-state index in [1.807, 2.05) is 13.0 Å². The third kappa shape index (κ3) is 3.92. The molecule has 0 saturated carbocycles. The highest BCUT2D eigenvalue weighted by Crippen LogP contribution is 2.19. The molecule has 3 aromatic rings. The number of aryl methyl sites for hydroxylation is 1. The van der Waals surface area contributed by atoms with E-state index in [4.69, 9.17) is 4.52 Å². The number of nitrogens with zero attached hydrogens (tertiary/aromatic N) is 7. The number of aromatic nitrogens is 4. The first-order valence-electron chi connectivity index (χ1n) is 9.53. The van der Waals surface area contributed by atoms with E-state index in [0.717, 1.165) is 24.5 Å². The van der Waals surface area contributed by atoms with Crippen LogP contribution in [-0.4, -0.2) is 67.0 Å². The number of piperazine rings is 1. The molecule has 30 heavy (non-hydrogen) atoms. The van der Waals surface area contributed by atoms with Gasteiger partial charge in [0.25, 0.3) is 11.6 Å². The lowest BCUT2D eigenvalue weighted by molar-refractivity contribution is -0.384. The lowest BCUT2D eigenvalue weighted by atomic mass is 10.2. The van der Waals surface area contributed by atoms with Gasteiger partial charge in [0.15, 0.2) is 5.69 Å². The molecule has 3 heterocycles. The molecule has 11 nitrogen and oxygen atoms in total. The van der Waals surface area contributed by atoms with Crippen molar-refractivity contribution in [1.29, 1.82) is 0 Å². The Hall–Kier alpha value is -3.60. The molecule has 156 valence electrons. The van der Waals surface area contributed by atoms with Gasteiger partial charge in [0, 0.05) is 50.9 Å². The second-order valence-electron chi connectivity index (χ2n) is 7.21. The molecule has 1 aliphatic heterocycles. The summed E-state index contributed by atoms with van der Waals surface area (Å²) in [6.07, 6.45) is 0. The maximum atomic E-state index is 13.0. The number of hydrogen-bond acceptors (Lipinski definition) is 8. The summed E-state index contributed by atoms with van der Waals surface area (Å²) in [5, 5.41) is 23.1. The second-order valence-corrected chi connectivity index (χ2v) is 7.21. The number of benzene rings is 1. The molecule has 1 aliphatic rings. The zero-order valence-electron chi connectivity index (χ0n) is 16.7. The average Bonchev–Trinajstić information content (AvgIpc) is 3.33. The van der Waals surface area contributed by atoms with Crippen LogP contribution in [0.1, 0.15) is 27.6 Å². The highest BCUT2D eigenvalue weighted by Gasteiger charge is 2.27. The van der Waals surface area contributed by atoms with Crippen LogP contribution >= 0.6 is 0 Å². The third-order valence-corrected chi connectivity index (χ3v) is 5.10. The van der Waals surface area contributed by atoms with Gasteiger partial charge in [-0.2, -0.15) is 0 Å². The summed E-state index contributed by atoms with van der Waals surface area (Å²) in [4.78, 5) is 27.5. The van der Waals surface area contributed by atoms with Crippen molar-refractivity contribution in [3.8, 4) is 5.69 Å². The summed E-state index contributed by atoms with van der Waals surface area (Å²) in [5.74, 6) is 0.585. The zero-order valence-corrected chi connectivity index (χ0v) is 16.7. The van der Waals surface area contributed by atoms with Crippen LogP contribution < -0.4 is 0 Å². The maximum absolute atomic E-state index is 13.0. The van der Waals surface area contributed by atoms with E-state index in [0.29, 0.717) is 31.0 Å². The van der Waals surface area contributed by atoms with Crippen molar-refractivity contribution in [2.75, 3.05) is 26.2 Å². The Morgan fingerprint density at radius 2 is 1.97 bits per heavy atom. The number of nitro groups is 1. The van der Waals surface area contributed by atoms with E-state index in [1.165, 1.54) is 16.8 Å². The number of carbonyl (C=O) groups excluding carboxylic acids is 1. The smallest absolute Gasteiger partial charge is 0.276 e. The molecule has 1 fully saturated rings. The van der Waals surface area contributed by atoms with Crippen LogP contribution in [0, 0.1) is 24.0 Å². The Morgan fingerprint density at radius 1 is 1.20 bits per heavy atom. The highest BCUT2D eigenvalue weighted by atomic mass is 16.6. The molecule has 1 saturated heterocycles. The Bertz CT molecular complexity index is 1080. The minimum atomic E-state index is -0.471. The fourth-order valence-electron chi connectivity index (χ4n) is 3.49. The summed E-state index contributed by atoms with van der Waals surface area (Å²) in [5.41, 5.74) is 2.11. The molecule has 0 atom stereocenters. The SMILES string of the molecule is Cc1cc(CN2CCN(C(=O)c3nnn(-c4cccc([N+](=O)[O-])c4)c3C)CC2)no1. The largest absolute Gasteiger partial charge is 0.361 e. The first-order chi connectivity index (χ1) is 14.4. The Labute approximate surface area is 172 Å². The van der Waals surface area contributed by atoms with E-state index >= 15 is 0 Å². The molecule has 0 bridgehead atoms. The normalized spacial score (nSPS) is 14.8. The zero-order chi connectivity index (χ0) is 21.3. The van der Waals surface area contributed by atoms with E-state index in [1.54, 1.807) is 24.0 Å². The first kappa shape index (κ1) is 19.7. The second kappa shape index (κ2) is 8.03. The first-order valence-corrected chi connectivity index (χ1v) is 9.53. The summed E-state index contributed by atoms with van der Waals surface area (Å²) >= 11 is 0. The minimum Gasteiger partial charge on any atom is -0.361 e. The van der Waals surface area contributed by atoms with Gasteiger partial charge in [0.2, 0.25) is 0 Å². The number of amides is 1. The van der Waals surface area contributed by atoms with Gasteiger partial charge in [-0.05, 0) is 19.9 Å². The molecular formula is C19H21N7O4. The third-order valence-electron chi connectivity index (χ3n) is 5.10. The van der Waals surface area contributed by atoms with Crippen molar-refractivity contribution in [2.24, 2.45) is 0 Å². The molecule has 0 aliphatic carbocycles. The molecule has 1 amide bonds. The maximum Gasteiger partial charge on any atom is 0.276 e. The lowest BCUT2D eigenvalue weighted by Crippen LogP contribution is -2.48. The summed E-state index contributed by atoms with van der Waals surface area (Å²) in [6.45, 7) is 6.84. The van der Waals surface area contributed by atoms with Gasteiger partial charge in [-0.1, -0.05) is 16.4 Å². The van der Waals surface area contributed by atoms with Gasteiger partial charge in [-0.3, -0.25) is 19.8 Å². The van der Waals surface area contributed by atoms with Gasteiger partial charge in [0.05, 0.1) is 22.0 Å². The van der Waals surface area contributed by atoms with Crippen molar-refractivity contribution in [1.82, 2.24) is 30.0 Å². The lowest BCUT2D eigenvalue weighted by Gasteiger charge is -2.33. The molecule has 4 rings (SSSR count). The van der Waals surface area contributed by atoms with Gasteiger partial charge >= 0.3 is 0 Å². The Morgan fingerprint density at radius 3 is 2.63 bits per heavy atom. The van der Waals surface area contributed by atoms with E-state index in [-0.39, 0.29) is 17.3 Å². The number of rotatable bonds is 5. The van der Waals surface area contributed by atoms with Crippen LogP contribution in [-0.2, 0) is 6.54 Å². The highest BCUT2D eigenvalue weighted by molar-refractivity contribution is 5.93. The number of nitro benzene ring substituents is 1. The van der Waals surface area contributed by atoms with Crippen LogP contribution in [0.5, 0.6) is 0 Å². The van der Waals surface area contributed by atoms with Crippen LogP contribution in [0.2, 0.25) is 0 Å².